The van der Waals surface area contributed by atoms with Gasteiger partial charge in [0.15, 0.2) is 9.84 Å². The number of nitrogens with zero attached hydrogens (tertiary/aromatic N) is 3. The van der Waals surface area contributed by atoms with Crippen LogP contribution < -0.4 is 4.74 Å². The molecular weight excluding hydrogens is 450 g/mol. The first-order chi connectivity index (χ1) is 16.1. The fourth-order valence-corrected chi connectivity index (χ4v) is 4.80. The van der Waals surface area contributed by atoms with Crippen molar-refractivity contribution in [1.82, 2.24) is 14.9 Å². The van der Waals surface area contributed by atoms with Gasteiger partial charge in [-0.25, -0.2) is 13.4 Å². The van der Waals surface area contributed by atoms with E-state index in [0.29, 0.717) is 18.0 Å². The lowest BCUT2D eigenvalue weighted by Gasteiger charge is -2.32. The molecule has 0 spiro atoms. The summed E-state index contributed by atoms with van der Waals surface area (Å²) in [5.74, 6) is 0.205. The molecule has 0 saturated heterocycles. The lowest BCUT2D eigenvalue weighted by molar-refractivity contribution is 0.0739. The summed E-state index contributed by atoms with van der Waals surface area (Å²) in [5, 5.41) is 1.19. The van der Waals surface area contributed by atoms with Crippen molar-refractivity contribution in [1.29, 1.82) is 0 Å². The van der Waals surface area contributed by atoms with Crippen LogP contribution in [0.1, 0.15) is 42.5 Å². The monoisotopic (exact) mass is 477 g/mol. The van der Waals surface area contributed by atoms with Gasteiger partial charge in [-0.15, -0.1) is 0 Å². The quantitative estimate of drug-likeness (QED) is 0.537. The number of amides is 1. The second-order valence-corrected chi connectivity index (χ2v) is 11.1. The van der Waals surface area contributed by atoms with E-state index in [1.54, 1.807) is 18.2 Å². The molecule has 0 radical (unpaired) electrons. The number of rotatable bonds is 5. The van der Waals surface area contributed by atoms with Gasteiger partial charge in [-0.2, -0.15) is 4.98 Å². The van der Waals surface area contributed by atoms with E-state index in [9.17, 15) is 13.2 Å². The van der Waals surface area contributed by atoms with Crippen LogP contribution in [0.4, 0.5) is 0 Å². The molecule has 0 N–H and O–H groups in total. The maximum atomic E-state index is 13.7. The Labute approximate surface area is 200 Å². The van der Waals surface area contributed by atoms with Crippen molar-refractivity contribution in [3.63, 3.8) is 0 Å². The molecule has 2 heterocycles. The summed E-state index contributed by atoms with van der Waals surface area (Å²) in [4.78, 5) is 24.0. The number of aromatic nitrogens is 2. The van der Waals surface area contributed by atoms with Crippen LogP contribution >= 0.6 is 0 Å². The molecule has 2 aromatic carbocycles. The standard InChI is InChI=1S/C26H27N3O4S/c1-26(2,3)25-27-17-22(23(28-25)33-21-12-8-5-9-13-21)24(30)29-18-34(31,32)15-14-20(29)16-19-10-6-4-7-11-19/h4-15,17,20H,16,18H2,1-3H3/t20-/m1/s1. The van der Waals surface area contributed by atoms with E-state index in [2.05, 4.69) is 9.97 Å². The zero-order chi connectivity index (χ0) is 24.3. The molecule has 3 aromatic rings. The maximum absolute atomic E-state index is 13.7. The Kier molecular flexibility index (Phi) is 6.52. The van der Waals surface area contributed by atoms with Crippen molar-refractivity contribution in [3.8, 4) is 11.6 Å². The lowest BCUT2D eigenvalue weighted by atomic mass is 9.95. The first kappa shape index (κ1) is 23.6. The summed E-state index contributed by atoms with van der Waals surface area (Å²) >= 11 is 0. The molecule has 4 rings (SSSR count). The minimum Gasteiger partial charge on any atom is -0.438 e. The Morgan fingerprint density at radius 1 is 1.06 bits per heavy atom. The molecule has 0 saturated carbocycles. The van der Waals surface area contributed by atoms with Crippen LogP contribution in [0.5, 0.6) is 11.6 Å². The molecule has 34 heavy (non-hydrogen) atoms. The van der Waals surface area contributed by atoms with Crippen molar-refractivity contribution >= 4 is 15.7 Å². The highest BCUT2D eigenvalue weighted by Crippen LogP contribution is 2.29. The van der Waals surface area contributed by atoms with Gasteiger partial charge in [0, 0.05) is 17.0 Å². The van der Waals surface area contributed by atoms with E-state index in [4.69, 9.17) is 4.74 Å². The van der Waals surface area contributed by atoms with Gasteiger partial charge in [-0.3, -0.25) is 4.79 Å². The third-order valence-corrected chi connectivity index (χ3v) is 6.60. The van der Waals surface area contributed by atoms with Crippen molar-refractivity contribution < 1.29 is 17.9 Å². The highest BCUT2D eigenvalue weighted by atomic mass is 32.2. The van der Waals surface area contributed by atoms with Gasteiger partial charge in [0.1, 0.15) is 23.0 Å². The molecule has 1 aliphatic rings. The minimum absolute atomic E-state index is 0.0986. The number of hydrogen-bond acceptors (Lipinski definition) is 6. The molecule has 0 bridgehead atoms. The number of benzene rings is 2. The molecule has 176 valence electrons. The number of hydrogen-bond donors (Lipinski definition) is 0. The molecule has 1 aliphatic heterocycles. The fraction of sp³-hybridized carbons (Fsp3) is 0.269. The smallest absolute Gasteiger partial charge is 0.262 e. The SMILES string of the molecule is CC(C)(C)c1ncc(C(=O)N2CS(=O)(=O)C=C[C@@H]2Cc2ccccc2)c(Oc2ccccc2)n1. The van der Waals surface area contributed by atoms with Crippen LogP contribution in [0.15, 0.2) is 78.3 Å². The molecule has 1 atom stereocenters. The van der Waals surface area contributed by atoms with E-state index in [0.717, 1.165) is 5.56 Å². The summed E-state index contributed by atoms with van der Waals surface area (Å²) < 4.78 is 30.8. The normalized spacial score (nSPS) is 17.4. The van der Waals surface area contributed by atoms with E-state index in [1.807, 2.05) is 69.3 Å². The highest BCUT2D eigenvalue weighted by Gasteiger charge is 2.34. The number of carbonyl (C=O) groups is 1. The van der Waals surface area contributed by atoms with Crippen molar-refractivity contribution in [2.24, 2.45) is 0 Å². The largest absolute Gasteiger partial charge is 0.438 e. The zero-order valence-corrected chi connectivity index (χ0v) is 20.2. The number of carbonyl (C=O) groups excluding carboxylic acids is 1. The topological polar surface area (TPSA) is 89.5 Å². The number of sulfone groups is 1. The van der Waals surface area contributed by atoms with Gasteiger partial charge in [0.25, 0.3) is 5.91 Å². The predicted octanol–water partition coefficient (Wildman–Crippen LogP) is 4.52. The molecule has 0 unspecified atom stereocenters. The van der Waals surface area contributed by atoms with Crippen LogP contribution in [0, 0.1) is 0 Å². The summed E-state index contributed by atoms with van der Waals surface area (Å²) in [7, 11) is -3.57. The van der Waals surface area contributed by atoms with Gasteiger partial charge in [-0.1, -0.05) is 75.4 Å². The molecule has 1 amide bonds. The Morgan fingerprint density at radius 2 is 1.71 bits per heavy atom. The third kappa shape index (κ3) is 5.51. The van der Waals surface area contributed by atoms with Gasteiger partial charge < -0.3 is 9.64 Å². The van der Waals surface area contributed by atoms with Gasteiger partial charge >= 0.3 is 0 Å². The Balaban J connectivity index is 1.73. The average Bonchev–Trinajstić information content (AvgIpc) is 2.80. The van der Waals surface area contributed by atoms with E-state index in [-0.39, 0.29) is 16.9 Å². The Morgan fingerprint density at radius 3 is 2.35 bits per heavy atom. The molecule has 7 nitrogen and oxygen atoms in total. The van der Waals surface area contributed by atoms with Gasteiger partial charge in [0.2, 0.25) is 5.88 Å². The lowest BCUT2D eigenvalue weighted by Crippen LogP contribution is -2.46. The number of para-hydroxylation sites is 1. The van der Waals surface area contributed by atoms with Crippen LogP contribution in [-0.2, 0) is 21.7 Å². The first-order valence-corrected chi connectivity index (χ1v) is 12.7. The van der Waals surface area contributed by atoms with Crippen LogP contribution in [0.25, 0.3) is 0 Å². The Hall–Kier alpha value is -3.52. The molecule has 1 aromatic heterocycles. The van der Waals surface area contributed by atoms with E-state index < -0.39 is 27.7 Å². The fourth-order valence-electron chi connectivity index (χ4n) is 3.60. The summed E-state index contributed by atoms with van der Waals surface area (Å²) in [5.41, 5.74) is 0.735. The second-order valence-electron chi connectivity index (χ2n) is 9.23. The van der Waals surface area contributed by atoms with E-state index >= 15 is 0 Å². The molecular formula is C26H27N3O4S. The molecule has 8 heteroatoms. The minimum atomic E-state index is -3.57. The number of ether oxygens (including phenoxy) is 1. The van der Waals surface area contributed by atoms with Gasteiger partial charge in [-0.05, 0) is 24.1 Å². The molecule has 0 aliphatic carbocycles. The second kappa shape index (κ2) is 9.38. The van der Waals surface area contributed by atoms with Crippen molar-refractivity contribution in [2.75, 3.05) is 5.88 Å². The molecule has 0 fully saturated rings. The average molecular weight is 478 g/mol. The third-order valence-electron chi connectivity index (χ3n) is 5.39. The van der Waals surface area contributed by atoms with Crippen LogP contribution in [0.2, 0.25) is 0 Å². The maximum Gasteiger partial charge on any atom is 0.262 e. The van der Waals surface area contributed by atoms with Crippen molar-refractivity contribution in [3.05, 3.63) is 95.3 Å². The Bertz CT molecular complexity index is 1300. The summed E-state index contributed by atoms with van der Waals surface area (Å²) in [6, 6.07) is 18.2. The highest BCUT2D eigenvalue weighted by molar-refractivity contribution is 7.94. The van der Waals surface area contributed by atoms with E-state index in [1.165, 1.54) is 16.5 Å². The summed E-state index contributed by atoms with van der Waals surface area (Å²) in [6.07, 6.45) is 3.47. The van der Waals surface area contributed by atoms with Crippen LogP contribution in [0.3, 0.4) is 0 Å². The summed E-state index contributed by atoms with van der Waals surface area (Å²) in [6.45, 7) is 5.90. The van der Waals surface area contributed by atoms with Crippen molar-refractivity contribution in [2.45, 2.75) is 38.6 Å². The van der Waals surface area contributed by atoms with Gasteiger partial charge in [0.05, 0.1) is 6.04 Å². The van der Waals surface area contributed by atoms with Crippen LogP contribution in [-0.4, -0.2) is 41.1 Å². The zero-order valence-electron chi connectivity index (χ0n) is 19.4. The predicted molar refractivity (Wildman–Crippen MR) is 130 cm³/mol. The first-order valence-electron chi connectivity index (χ1n) is 11.0.